The maximum Gasteiger partial charge on any atom is 0.407 e. The van der Waals surface area contributed by atoms with Gasteiger partial charge >= 0.3 is 6.09 Å². The number of carbonyl (C=O) groups is 2. The van der Waals surface area contributed by atoms with Crippen molar-refractivity contribution in [1.29, 1.82) is 0 Å². The first-order chi connectivity index (χ1) is 24.8. The van der Waals surface area contributed by atoms with E-state index in [1.807, 2.05) is 24.9 Å². The molecule has 3 aromatic carbocycles. The Bertz CT molecular complexity index is 2090. The molecular weight excluding hydrogens is 644 g/mol. The third-order valence-electron chi connectivity index (χ3n) is 11.6. The number of carbonyl (C=O) groups excluding carboxylic acids is 2. The molecule has 0 unspecified atom stereocenters. The van der Waals surface area contributed by atoms with Crippen LogP contribution in [0.5, 0.6) is 5.75 Å². The van der Waals surface area contributed by atoms with E-state index in [2.05, 4.69) is 58.1 Å². The molecule has 2 saturated heterocycles. The first-order valence-corrected chi connectivity index (χ1v) is 18.2. The summed E-state index contributed by atoms with van der Waals surface area (Å²) in [7, 11) is 3.08. The normalized spacial score (nSPS) is 24.8. The van der Waals surface area contributed by atoms with Gasteiger partial charge < -0.3 is 34.7 Å². The molecule has 5 heterocycles. The average Bonchev–Trinajstić information content (AvgIpc) is 3.64. The summed E-state index contributed by atoms with van der Waals surface area (Å²) in [4.78, 5) is 41.5. The maximum absolute atomic E-state index is 14.0. The van der Waals surface area contributed by atoms with Crippen LogP contribution in [0.15, 0.2) is 53.7 Å². The Labute approximate surface area is 297 Å². The van der Waals surface area contributed by atoms with E-state index in [0.717, 1.165) is 77.8 Å². The van der Waals surface area contributed by atoms with Crippen LogP contribution in [-0.2, 0) is 27.3 Å². The molecular formula is C40H44N6O5. The number of amides is 2. The lowest BCUT2D eigenvalue weighted by Gasteiger charge is -2.33. The van der Waals surface area contributed by atoms with Crippen molar-refractivity contribution in [3.63, 3.8) is 0 Å². The molecule has 9 rings (SSSR count). The number of fused-ring (bicyclic) bond motifs is 7. The van der Waals surface area contributed by atoms with Gasteiger partial charge in [-0.15, -0.1) is 0 Å². The highest BCUT2D eigenvalue weighted by atomic mass is 16.5. The van der Waals surface area contributed by atoms with Gasteiger partial charge in [-0.3, -0.25) is 9.79 Å². The van der Waals surface area contributed by atoms with Crippen molar-refractivity contribution in [2.24, 2.45) is 22.7 Å². The molecule has 4 aliphatic heterocycles. The lowest BCUT2D eigenvalue weighted by Crippen LogP contribution is -2.55. The second-order valence-corrected chi connectivity index (χ2v) is 15.2. The number of aromatic amines is 1. The third-order valence-corrected chi connectivity index (χ3v) is 11.6. The van der Waals surface area contributed by atoms with Crippen molar-refractivity contribution >= 4 is 34.2 Å². The third kappa shape index (κ3) is 5.57. The predicted molar refractivity (Wildman–Crippen MR) is 194 cm³/mol. The van der Waals surface area contributed by atoms with Gasteiger partial charge in [0.15, 0.2) is 0 Å². The molecule has 0 bridgehead atoms. The Morgan fingerprint density at radius 1 is 1.08 bits per heavy atom. The number of imidazole rings is 1. The van der Waals surface area contributed by atoms with Gasteiger partial charge in [-0.05, 0) is 94.8 Å². The van der Waals surface area contributed by atoms with E-state index < -0.39 is 12.1 Å². The van der Waals surface area contributed by atoms with Gasteiger partial charge in [0.05, 0.1) is 43.4 Å². The number of aliphatic imine (C=N–C) groups is 1. The number of benzene rings is 3. The van der Waals surface area contributed by atoms with Gasteiger partial charge in [0.25, 0.3) is 0 Å². The summed E-state index contributed by atoms with van der Waals surface area (Å²) in [5.74, 6) is 2.70. The molecule has 3 N–H and O–H groups in total. The summed E-state index contributed by atoms with van der Waals surface area (Å²) >= 11 is 0. The molecule has 2 amide bonds. The number of H-pyrrole nitrogens is 1. The number of nitrogens with one attached hydrogen (secondary N) is 3. The number of ether oxygens (including phenoxy) is 3. The first kappa shape index (κ1) is 32.2. The molecule has 1 saturated carbocycles. The minimum absolute atomic E-state index is 0.0446. The number of piperidine rings is 1. The molecule has 0 spiro atoms. The number of alkyl carbamates (subject to hydrolysis) is 1. The smallest absolute Gasteiger partial charge is 0.407 e. The van der Waals surface area contributed by atoms with E-state index in [1.54, 1.807) is 7.11 Å². The van der Waals surface area contributed by atoms with Crippen LogP contribution in [-0.4, -0.2) is 78.1 Å². The van der Waals surface area contributed by atoms with Crippen LogP contribution in [0, 0.1) is 17.8 Å². The molecule has 5 aliphatic rings. The topological polar surface area (TPSA) is 130 Å². The largest absolute Gasteiger partial charge is 0.488 e. The summed E-state index contributed by atoms with van der Waals surface area (Å²) in [6.07, 6.45) is 4.96. The fourth-order valence-electron chi connectivity index (χ4n) is 8.85. The average molecular weight is 689 g/mol. The summed E-state index contributed by atoms with van der Waals surface area (Å²) in [5.41, 5.74) is 8.65. The van der Waals surface area contributed by atoms with Crippen molar-refractivity contribution in [2.75, 3.05) is 27.4 Å². The van der Waals surface area contributed by atoms with E-state index in [-0.39, 0.29) is 30.0 Å². The molecule has 264 valence electrons. The molecule has 1 aliphatic carbocycles. The number of aromatic nitrogens is 2. The molecule has 51 heavy (non-hydrogen) atoms. The number of nitrogens with zero attached hydrogens (tertiary/aromatic N) is 3. The Morgan fingerprint density at radius 3 is 2.78 bits per heavy atom. The molecule has 11 heteroatoms. The Kier molecular flexibility index (Phi) is 7.88. The highest BCUT2D eigenvalue weighted by Gasteiger charge is 2.56. The molecule has 11 nitrogen and oxygen atoms in total. The van der Waals surface area contributed by atoms with Gasteiger partial charge in [-0.2, -0.15) is 0 Å². The standard InChI is InChI=1S/C40H44N6O5/c1-20(2)37(45-40(48)50-4)39(47)46-34-12-24(34)13-35(46)31-15-29-27-11-25-19-51-36-14-23(5-7-26(36)28(25)10-22(27)6-8-30(29)43-31)33-17-42-38(44-33)32-9-21(16-41-32)18-49-3/h5-8,10-11,14,17,20-21,24,32,34-35,37,41H,9,12-13,15-16,18-19H2,1-4H3,(H,42,44)(H,45,48)/t21-,24+,32-,34+,35-,37-/m0/s1. The maximum atomic E-state index is 14.0. The van der Waals surface area contributed by atoms with E-state index in [4.69, 9.17) is 24.2 Å². The first-order valence-electron chi connectivity index (χ1n) is 18.2. The Hall–Kier alpha value is -4.74. The molecule has 1 aromatic heterocycles. The van der Waals surface area contributed by atoms with Crippen LogP contribution in [0.3, 0.4) is 0 Å². The molecule has 0 radical (unpaired) electrons. The minimum Gasteiger partial charge on any atom is -0.488 e. The zero-order valence-electron chi connectivity index (χ0n) is 29.5. The lowest BCUT2D eigenvalue weighted by atomic mass is 9.90. The number of rotatable bonds is 8. The van der Waals surface area contributed by atoms with Crippen LogP contribution in [0.2, 0.25) is 0 Å². The Morgan fingerprint density at radius 2 is 1.96 bits per heavy atom. The minimum atomic E-state index is -0.643. The summed E-state index contributed by atoms with van der Waals surface area (Å²) in [5, 5.41) is 8.70. The summed E-state index contributed by atoms with van der Waals surface area (Å²) < 4.78 is 16.6. The zero-order valence-corrected chi connectivity index (χ0v) is 29.5. The van der Waals surface area contributed by atoms with Gasteiger partial charge in [0.1, 0.15) is 24.2 Å². The number of hydrogen-bond donors (Lipinski definition) is 3. The number of methoxy groups -OCH3 is 2. The second kappa shape index (κ2) is 12.5. The predicted octanol–water partition coefficient (Wildman–Crippen LogP) is 6.08. The van der Waals surface area contributed by atoms with Gasteiger partial charge in [0, 0.05) is 43.0 Å². The van der Waals surface area contributed by atoms with Crippen LogP contribution in [0.1, 0.15) is 56.1 Å². The van der Waals surface area contributed by atoms with Crippen molar-refractivity contribution in [3.05, 3.63) is 65.6 Å². The van der Waals surface area contributed by atoms with Crippen LogP contribution in [0.4, 0.5) is 10.5 Å². The quantitative estimate of drug-likeness (QED) is 0.205. The molecule has 6 atom stereocenters. The molecule has 4 aromatic rings. The fraction of sp³-hybridized carbons (Fsp3) is 0.450. The van der Waals surface area contributed by atoms with Crippen LogP contribution < -0.4 is 15.4 Å². The van der Waals surface area contributed by atoms with Crippen molar-refractivity contribution in [1.82, 2.24) is 25.5 Å². The van der Waals surface area contributed by atoms with Crippen molar-refractivity contribution < 1.29 is 23.8 Å². The fourth-order valence-corrected chi connectivity index (χ4v) is 8.85. The van der Waals surface area contributed by atoms with Crippen LogP contribution in [0.25, 0.3) is 33.2 Å². The monoisotopic (exact) mass is 688 g/mol. The number of likely N-dealkylation sites (tertiary alicyclic amines) is 1. The summed E-state index contributed by atoms with van der Waals surface area (Å²) in [6.45, 7) is 6.08. The Balaban J connectivity index is 0.954. The molecule has 3 fully saturated rings. The van der Waals surface area contributed by atoms with Crippen molar-refractivity contribution in [3.8, 4) is 28.1 Å². The van der Waals surface area contributed by atoms with Gasteiger partial charge in [-0.1, -0.05) is 26.0 Å². The van der Waals surface area contributed by atoms with E-state index in [0.29, 0.717) is 24.9 Å². The van der Waals surface area contributed by atoms with E-state index in [9.17, 15) is 9.59 Å². The second-order valence-electron chi connectivity index (χ2n) is 15.2. The highest BCUT2D eigenvalue weighted by Crippen LogP contribution is 2.50. The SMILES string of the molecule is COC[C@@H]1CN[C@H](c2ncc(-c3ccc4c(c3)OCc3cc5c6c(ccc5cc3-4)N=C([C@@H]3C[C@H]4C[C@H]4N3C(=O)[C@@H](NC(=O)OC)C(C)C)C6)[nH]2)C1. The lowest BCUT2D eigenvalue weighted by molar-refractivity contribution is -0.135. The zero-order chi connectivity index (χ0) is 35.0. The number of hydrogen-bond acceptors (Lipinski definition) is 8. The van der Waals surface area contributed by atoms with Gasteiger partial charge in [-0.25, -0.2) is 9.78 Å². The van der Waals surface area contributed by atoms with Crippen molar-refractivity contribution in [2.45, 2.75) is 70.3 Å². The van der Waals surface area contributed by atoms with Gasteiger partial charge in [0.2, 0.25) is 5.91 Å². The van der Waals surface area contributed by atoms with Crippen LogP contribution >= 0.6 is 0 Å². The van der Waals surface area contributed by atoms with E-state index in [1.165, 1.54) is 29.0 Å². The highest BCUT2D eigenvalue weighted by molar-refractivity contribution is 6.06. The summed E-state index contributed by atoms with van der Waals surface area (Å²) in [6, 6.07) is 14.9. The van der Waals surface area contributed by atoms with E-state index >= 15 is 0 Å².